The summed E-state index contributed by atoms with van der Waals surface area (Å²) in [5.74, 6) is 0.712. The molecule has 2 aromatic rings. The number of phenolic OH excluding ortho intramolecular Hbond substituents is 1. The molecule has 1 heterocycles. The Kier molecular flexibility index (Phi) is 3.31. The van der Waals surface area contributed by atoms with Crippen molar-refractivity contribution >= 4 is 0 Å². The molecule has 4 N–H and O–H groups in total. The first kappa shape index (κ1) is 12.5. The van der Waals surface area contributed by atoms with E-state index in [2.05, 4.69) is 10.1 Å². The van der Waals surface area contributed by atoms with Crippen LogP contribution >= 0.6 is 0 Å². The van der Waals surface area contributed by atoms with E-state index in [4.69, 9.17) is 10.3 Å². The molecule has 0 bridgehead atoms. The highest BCUT2D eigenvalue weighted by molar-refractivity contribution is 5.60. The van der Waals surface area contributed by atoms with Gasteiger partial charge in [0.05, 0.1) is 0 Å². The van der Waals surface area contributed by atoms with Gasteiger partial charge in [-0.15, -0.1) is 0 Å². The molecule has 0 amide bonds. The molecule has 0 fully saturated rings. The molecule has 0 saturated heterocycles. The van der Waals surface area contributed by atoms with Crippen molar-refractivity contribution in [2.75, 3.05) is 6.54 Å². The van der Waals surface area contributed by atoms with E-state index in [1.165, 1.54) is 0 Å². The highest BCUT2D eigenvalue weighted by Crippen LogP contribution is 2.28. The van der Waals surface area contributed by atoms with Gasteiger partial charge in [0.2, 0.25) is 5.82 Å². The van der Waals surface area contributed by atoms with E-state index in [-0.39, 0.29) is 18.2 Å². The highest BCUT2D eigenvalue weighted by Gasteiger charge is 2.16. The first-order valence-corrected chi connectivity index (χ1v) is 5.55. The molecule has 0 aliphatic carbocycles. The summed E-state index contributed by atoms with van der Waals surface area (Å²) in [6.45, 7) is 3.61. The average molecular weight is 249 g/mol. The van der Waals surface area contributed by atoms with Crippen LogP contribution in [-0.4, -0.2) is 26.9 Å². The fraction of sp³-hybridized carbons (Fsp3) is 0.333. The molecule has 0 radical (unpaired) electrons. The lowest BCUT2D eigenvalue weighted by atomic mass is 10.1. The maximum absolute atomic E-state index is 9.69. The van der Waals surface area contributed by atoms with Crippen LogP contribution in [0.5, 0.6) is 5.75 Å². The van der Waals surface area contributed by atoms with Crippen molar-refractivity contribution in [3.63, 3.8) is 0 Å². The van der Waals surface area contributed by atoms with Crippen molar-refractivity contribution in [1.29, 1.82) is 0 Å². The molecule has 6 heteroatoms. The quantitative estimate of drug-likeness (QED) is 0.750. The predicted molar refractivity (Wildman–Crippen MR) is 64.9 cm³/mol. The number of aromatic nitrogens is 2. The minimum Gasteiger partial charge on any atom is -0.507 e. The lowest BCUT2D eigenvalue weighted by Crippen LogP contribution is -2.11. The number of hydrogen-bond acceptors (Lipinski definition) is 6. The molecule has 1 unspecified atom stereocenters. The summed E-state index contributed by atoms with van der Waals surface area (Å²) in [6, 6.07) is 3.51. The maximum atomic E-state index is 9.69. The monoisotopic (exact) mass is 249 g/mol. The van der Waals surface area contributed by atoms with Gasteiger partial charge in [-0.1, -0.05) is 5.16 Å². The van der Waals surface area contributed by atoms with Crippen LogP contribution in [0.4, 0.5) is 0 Å². The van der Waals surface area contributed by atoms with Crippen LogP contribution in [0.3, 0.4) is 0 Å². The predicted octanol–water partition coefficient (Wildman–Crippen LogP) is 1.05. The number of nitrogens with two attached hydrogens (primary N) is 1. The van der Waals surface area contributed by atoms with Crippen LogP contribution in [0, 0.1) is 13.8 Å². The van der Waals surface area contributed by atoms with Crippen molar-refractivity contribution in [2.45, 2.75) is 20.0 Å². The fourth-order valence-corrected chi connectivity index (χ4v) is 1.67. The maximum Gasteiger partial charge on any atom is 0.257 e. The molecule has 1 aromatic heterocycles. The van der Waals surface area contributed by atoms with Gasteiger partial charge >= 0.3 is 0 Å². The van der Waals surface area contributed by atoms with Crippen LogP contribution in [0.2, 0.25) is 0 Å². The number of aliphatic hydroxyl groups excluding tert-OH is 1. The number of benzene rings is 1. The molecule has 18 heavy (non-hydrogen) atoms. The van der Waals surface area contributed by atoms with Crippen molar-refractivity contribution in [1.82, 2.24) is 10.1 Å². The Morgan fingerprint density at radius 3 is 2.50 bits per heavy atom. The summed E-state index contributed by atoms with van der Waals surface area (Å²) < 4.78 is 4.93. The summed E-state index contributed by atoms with van der Waals surface area (Å²) in [5, 5.41) is 23.0. The number of nitrogens with zero attached hydrogens (tertiary/aromatic N) is 2. The zero-order valence-electron chi connectivity index (χ0n) is 10.2. The van der Waals surface area contributed by atoms with E-state index < -0.39 is 6.10 Å². The molecule has 1 aromatic carbocycles. The third-order valence-electron chi connectivity index (χ3n) is 2.70. The van der Waals surface area contributed by atoms with Gasteiger partial charge in [-0.3, -0.25) is 0 Å². The Morgan fingerprint density at radius 2 is 1.94 bits per heavy atom. The minimum atomic E-state index is -0.953. The second-order valence-corrected chi connectivity index (χ2v) is 4.17. The molecular weight excluding hydrogens is 234 g/mol. The highest BCUT2D eigenvalue weighted by atomic mass is 16.5. The van der Waals surface area contributed by atoms with Crippen molar-refractivity contribution < 1.29 is 14.7 Å². The number of hydrogen-bond donors (Lipinski definition) is 3. The van der Waals surface area contributed by atoms with Gasteiger partial charge in [0.1, 0.15) is 11.9 Å². The molecule has 1 atom stereocenters. The van der Waals surface area contributed by atoms with Crippen molar-refractivity contribution in [3.8, 4) is 17.1 Å². The number of aliphatic hydroxyl groups is 1. The Morgan fingerprint density at radius 1 is 1.33 bits per heavy atom. The van der Waals surface area contributed by atoms with Crippen LogP contribution in [-0.2, 0) is 0 Å². The Hall–Kier alpha value is -1.92. The van der Waals surface area contributed by atoms with Gasteiger partial charge in [0, 0.05) is 12.1 Å². The second-order valence-electron chi connectivity index (χ2n) is 4.17. The molecule has 0 aliphatic rings. The van der Waals surface area contributed by atoms with Crippen LogP contribution in [0.15, 0.2) is 16.7 Å². The van der Waals surface area contributed by atoms with Gasteiger partial charge in [0.25, 0.3) is 5.89 Å². The molecule has 6 nitrogen and oxygen atoms in total. The van der Waals surface area contributed by atoms with Gasteiger partial charge in [-0.05, 0) is 37.1 Å². The first-order valence-electron chi connectivity index (χ1n) is 5.55. The van der Waals surface area contributed by atoms with E-state index in [0.717, 1.165) is 16.7 Å². The van der Waals surface area contributed by atoms with E-state index in [9.17, 15) is 10.2 Å². The van der Waals surface area contributed by atoms with E-state index in [1.807, 2.05) is 0 Å². The first-order chi connectivity index (χ1) is 8.52. The average Bonchev–Trinajstić information content (AvgIpc) is 2.84. The van der Waals surface area contributed by atoms with Gasteiger partial charge in [-0.25, -0.2) is 0 Å². The third kappa shape index (κ3) is 2.20. The number of aryl methyl sites for hydroxylation is 2. The lowest BCUT2D eigenvalue weighted by Gasteiger charge is -2.04. The smallest absolute Gasteiger partial charge is 0.257 e. The summed E-state index contributed by atoms with van der Waals surface area (Å²) >= 11 is 0. The summed E-state index contributed by atoms with van der Waals surface area (Å²) in [6.07, 6.45) is -0.953. The number of rotatable bonds is 3. The van der Waals surface area contributed by atoms with Gasteiger partial charge in [-0.2, -0.15) is 4.98 Å². The number of phenols is 1. The molecule has 2 rings (SSSR count). The normalized spacial score (nSPS) is 12.7. The van der Waals surface area contributed by atoms with E-state index >= 15 is 0 Å². The number of aromatic hydroxyl groups is 1. The van der Waals surface area contributed by atoms with Crippen LogP contribution in [0.1, 0.15) is 23.1 Å². The molecule has 96 valence electrons. The molecule has 0 saturated carbocycles. The minimum absolute atomic E-state index is 0.0231. The van der Waals surface area contributed by atoms with E-state index in [0.29, 0.717) is 5.82 Å². The summed E-state index contributed by atoms with van der Waals surface area (Å²) in [5.41, 5.74) is 7.50. The van der Waals surface area contributed by atoms with E-state index in [1.54, 1.807) is 26.0 Å². The molecule has 0 spiro atoms. The van der Waals surface area contributed by atoms with Gasteiger partial charge in [0.15, 0.2) is 0 Å². The van der Waals surface area contributed by atoms with Gasteiger partial charge < -0.3 is 20.5 Å². The molecular formula is C12H15N3O3. The zero-order valence-corrected chi connectivity index (χ0v) is 10.2. The Balaban J connectivity index is 2.40. The van der Waals surface area contributed by atoms with Crippen molar-refractivity contribution in [3.05, 3.63) is 29.2 Å². The van der Waals surface area contributed by atoms with Crippen LogP contribution < -0.4 is 5.73 Å². The van der Waals surface area contributed by atoms with Crippen LogP contribution in [0.25, 0.3) is 11.4 Å². The largest absolute Gasteiger partial charge is 0.507 e. The fourth-order valence-electron chi connectivity index (χ4n) is 1.67. The Bertz CT molecular complexity index is 542. The second kappa shape index (κ2) is 4.75. The zero-order chi connectivity index (χ0) is 13.3. The summed E-state index contributed by atoms with van der Waals surface area (Å²) in [7, 11) is 0. The standard InChI is InChI=1S/C12H15N3O3/c1-6-3-8(4-7(2)10(6)17)11-14-12(18-15-11)9(16)5-13/h3-4,9,16-17H,5,13H2,1-2H3. The lowest BCUT2D eigenvalue weighted by molar-refractivity contribution is 0.141. The third-order valence-corrected chi connectivity index (χ3v) is 2.70. The summed E-state index contributed by atoms with van der Waals surface area (Å²) in [4.78, 5) is 4.07. The van der Waals surface area contributed by atoms with Crippen molar-refractivity contribution in [2.24, 2.45) is 5.73 Å². The Labute approximate surface area is 104 Å². The topological polar surface area (TPSA) is 105 Å². The molecule has 0 aliphatic heterocycles. The SMILES string of the molecule is Cc1cc(-c2noc(C(O)CN)n2)cc(C)c1O.